The Morgan fingerprint density at radius 1 is 1.04 bits per heavy atom. The van der Waals surface area contributed by atoms with E-state index in [9.17, 15) is 4.79 Å². The Morgan fingerprint density at radius 3 is 2.57 bits per heavy atom. The van der Waals surface area contributed by atoms with Gasteiger partial charge >= 0.3 is 0 Å². The molecule has 28 heavy (non-hydrogen) atoms. The second-order valence-electron chi connectivity index (χ2n) is 6.20. The Hall–Kier alpha value is -3.32. The summed E-state index contributed by atoms with van der Waals surface area (Å²) in [6, 6.07) is 17.1. The van der Waals surface area contributed by atoms with E-state index in [1.807, 2.05) is 54.6 Å². The quantitative estimate of drug-likeness (QED) is 0.479. The average molecular weight is 434 g/mol. The van der Waals surface area contributed by atoms with Crippen LogP contribution in [-0.4, -0.2) is 32.9 Å². The van der Waals surface area contributed by atoms with E-state index in [4.69, 9.17) is 0 Å². The molecular weight excluding hydrogens is 418 g/mol. The van der Waals surface area contributed by atoms with E-state index in [0.29, 0.717) is 5.56 Å². The van der Waals surface area contributed by atoms with Crippen LogP contribution in [0.15, 0.2) is 83.9 Å². The van der Waals surface area contributed by atoms with Crippen molar-refractivity contribution in [3.8, 4) is 16.8 Å². The molecule has 0 saturated carbocycles. The molecule has 2 aromatic heterocycles. The number of benzene rings is 2. The normalized spacial score (nSPS) is 10.6. The van der Waals surface area contributed by atoms with Gasteiger partial charge in [0.15, 0.2) is 0 Å². The van der Waals surface area contributed by atoms with Crippen molar-refractivity contribution in [3.63, 3.8) is 0 Å². The SMILES string of the molecule is CN(C(=O)c1ccc(-c2cncc(Br)c2)cc1)c1cccc(-n2ccnn2)c1. The van der Waals surface area contributed by atoms with Crippen LogP contribution < -0.4 is 4.90 Å². The molecule has 0 spiro atoms. The van der Waals surface area contributed by atoms with E-state index in [-0.39, 0.29) is 5.91 Å². The van der Waals surface area contributed by atoms with E-state index in [1.54, 1.807) is 41.4 Å². The zero-order valence-corrected chi connectivity index (χ0v) is 16.6. The van der Waals surface area contributed by atoms with E-state index < -0.39 is 0 Å². The molecule has 4 aromatic rings. The minimum atomic E-state index is -0.0883. The molecule has 0 unspecified atom stereocenters. The van der Waals surface area contributed by atoms with Crippen LogP contribution in [0.3, 0.4) is 0 Å². The molecule has 0 saturated heterocycles. The van der Waals surface area contributed by atoms with Crippen molar-refractivity contribution in [1.82, 2.24) is 20.0 Å². The summed E-state index contributed by atoms with van der Waals surface area (Å²) in [4.78, 5) is 18.7. The zero-order chi connectivity index (χ0) is 19.5. The number of carbonyl (C=O) groups excluding carboxylic acids is 1. The number of hydrogen-bond acceptors (Lipinski definition) is 4. The number of carbonyl (C=O) groups is 1. The minimum absolute atomic E-state index is 0.0883. The highest BCUT2D eigenvalue weighted by molar-refractivity contribution is 9.10. The first kappa shape index (κ1) is 18.1. The predicted octanol–water partition coefficient (Wildman–Crippen LogP) is 4.37. The molecule has 138 valence electrons. The molecule has 1 amide bonds. The van der Waals surface area contributed by atoms with Gasteiger partial charge in [0.05, 0.1) is 18.1 Å². The van der Waals surface area contributed by atoms with Crippen LogP contribution in [-0.2, 0) is 0 Å². The lowest BCUT2D eigenvalue weighted by Crippen LogP contribution is -2.26. The third-order valence-corrected chi connectivity index (χ3v) is 4.81. The van der Waals surface area contributed by atoms with Crippen molar-refractivity contribution in [2.45, 2.75) is 0 Å². The van der Waals surface area contributed by atoms with Gasteiger partial charge in [-0.05, 0) is 57.9 Å². The molecule has 0 aliphatic heterocycles. The molecule has 2 heterocycles. The summed E-state index contributed by atoms with van der Waals surface area (Å²) in [5.41, 5.74) is 4.22. The summed E-state index contributed by atoms with van der Waals surface area (Å²) in [5.74, 6) is -0.0883. The van der Waals surface area contributed by atoms with E-state index >= 15 is 0 Å². The average Bonchev–Trinajstić information content (AvgIpc) is 3.28. The maximum absolute atomic E-state index is 12.9. The first-order chi connectivity index (χ1) is 13.6. The van der Waals surface area contributed by atoms with Gasteiger partial charge < -0.3 is 4.90 Å². The van der Waals surface area contributed by atoms with Crippen molar-refractivity contribution in [2.24, 2.45) is 0 Å². The lowest BCUT2D eigenvalue weighted by molar-refractivity contribution is 0.0993. The van der Waals surface area contributed by atoms with E-state index in [2.05, 4.69) is 31.2 Å². The van der Waals surface area contributed by atoms with E-state index in [1.165, 1.54) is 0 Å². The van der Waals surface area contributed by atoms with Crippen LogP contribution in [0.4, 0.5) is 5.69 Å². The second kappa shape index (κ2) is 7.74. The van der Waals surface area contributed by atoms with Gasteiger partial charge in [0.2, 0.25) is 0 Å². The lowest BCUT2D eigenvalue weighted by Gasteiger charge is -2.18. The maximum Gasteiger partial charge on any atom is 0.258 e. The fraction of sp³-hybridized carbons (Fsp3) is 0.0476. The summed E-state index contributed by atoms with van der Waals surface area (Å²) in [6.45, 7) is 0. The number of nitrogens with zero attached hydrogens (tertiary/aromatic N) is 5. The minimum Gasteiger partial charge on any atom is -0.311 e. The second-order valence-corrected chi connectivity index (χ2v) is 7.12. The molecule has 0 radical (unpaired) electrons. The first-order valence-corrected chi connectivity index (χ1v) is 9.37. The predicted molar refractivity (Wildman–Crippen MR) is 111 cm³/mol. The molecule has 0 atom stereocenters. The number of rotatable bonds is 4. The fourth-order valence-corrected chi connectivity index (χ4v) is 3.24. The van der Waals surface area contributed by atoms with Crippen LogP contribution in [0, 0.1) is 0 Å². The molecule has 6 nitrogen and oxygen atoms in total. The highest BCUT2D eigenvalue weighted by Crippen LogP contribution is 2.24. The largest absolute Gasteiger partial charge is 0.311 e. The first-order valence-electron chi connectivity index (χ1n) is 8.57. The molecule has 0 N–H and O–H groups in total. The van der Waals surface area contributed by atoms with Crippen LogP contribution in [0.25, 0.3) is 16.8 Å². The standard InChI is InChI=1S/C21H16BrN5O/c1-26(19-3-2-4-20(12-19)27-10-9-24-25-27)21(28)16-7-5-15(6-8-16)17-11-18(22)14-23-13-17/h2-14H,1H3. The summed E-state index contributed by atoms with van der Waals surface area (Å²) < 4.78 is 2.57. The van der Waals surface area contributed by atoms with Gasteiger partial charge in [-0.2, -0.15) is 0 Å². The van der Waals surface area contributed by atoms with Crippen LogP contribution in [0.1, 0.15) is 10.4 Å². The van der Waals surface area contributed by atoms with Crippen molar-refractivity contribution in [2.75, 3.05) is 11.9 Å². The van der Waals surface area contributed by atoms with Gasteiger partial charge in [0.1, 0.15) is 0 Å². The van der Waals surface area contributed by atoms with Gasteiger partial charge in [-0.15, -0.1) is 5.10 Å². The number of aromatic nitrogens is 4. The van der Waals surface area contributed by atoms with Gasteiger partial charge in [-0.1, -0.05) is 23.4 Å². The molecule has 2 aromatic carbocycles. The Morgan fingerprint density at radius 2 is 1.86 bits per heavy atom. The highest BCUT2D eigenvalue weighted by atomic mass is 79.9. The number of hydrogen-bond donors (Lipinski definition) is 0. The van der Waals surface area contributed by atoms with Gasteiger partial charge in [0, 0.05) is 40.7 Å². The van der Waals surface area contributed by atoms with Crippen LogP contribution in [0.5, 0.6) is 0 Å². The summed E-state index contributed by atoms with van der Waals surface area (Å²) in [7, 11) is 1.76. The topological polar surface area (TPSA) is 63.9 Å². The van der Waals surface area contributed by atoms with Gasteiger partial charge in [-0.25, -0.2) is 4.68 Å². The molecule has 0 bridgehead atoms. The Balaban J connectivity index is 1.57. The Labute approximate surface area is 170 Å². The Kier molecular flexibility index (Phi) is 4.99. The molecule has 7 heteroatoms. The summed E-state index contributed by atoms with van der Waals surface area (Å²) in [5, 5.41) is 7.81. The Bertz CT molecular complexity index is 1110. The van der Waals surface area contributed by atoms with E-state index in [0.717, 1.165) is 27.0 Å². The van der Waals surface area contributed by atoms with Gasteiger partial charge in [0.25, 0.3) is 5.91 Å². The summed E-state index contributed by atoms with van der Waals surface area (Å²) >= 11 is 3.43. The number of amides is 1. The van der Waals surface area contributed by atoms with Crippen molar-refractivity contribution in [3.05, 3.63) is 89.4 Å². The van der Waals surface area contributed by atoms with Crippen LogP contribution >= 0.6 is 15.9 Å². The number of halogens is 1. The zero-order valence-electron chi connectivity index (χ0n) is 15.0. The fourth-order valence-electron chi connectivity index (χ4n) is 2.88. The highest BCUT2D eigenvalue weighted by Gasteiger charge is 2.14. The molecular formula is C21H16BrN5O. The monoisotopic (exact) mass is 433 g/mol. The lowest BCUT2D eigenvalue weighted by atomic mass is 10.1. The third kappa shape index (κ3) is 3.70. The molecule has 0 fully saturated rings. The maximum atomic E-state index is 12.9. The number of pyridine rings is 1. The van der Waals surface area contributed by atoms with Gasteiger partial charge in [-0.3, -0.25) is 9.78 Å². The van der Waals surface area contributed by atoms with Crippen molar-refractivity contribution < 1.29 is 4.79 Å². The van der Waals surface area contributed by atoms with Crippen molar-refractivity contribution >= 4 is 27.5 Å². The molecule has 0 aliphatic carbocycles. The third-order valence-electron chi connectivity index (χ3n) is 4.38. The van der Waals surface area contributed by atoms with Crippen molar-refractivity contribution in [1.29, 1.82) is 0 Å². The molecule has 0 aliphatic rings. The summed E-state index contributed by atoms with van der Waals surface area (Å²) in [6.07, 6.45) is 6.91. The number of anilines is 1. The molecule has 4 rings (SSSR count). The van der Waals surface area contributed by atoms with Crippen LogP contribution in [0.2, 0.25) is 0 Å². The smallest absolute Gasteiger partial charge is 0.258 e.